The van der Waals surface area contributed by atoms with Crippen LogP contribution in [-0.2, 0) is 0 Å². The molecule has 3 nitrogen and oxygen atoms in total. The van der Waals surface area contributed by atoms with E-state index < -0.39 is 0 Å². The zero-order valence-electron chi connectivity index (χ0n) is 8.38. The second-order valence-electron chi connectivity index (χ2n) is 3.02. The fourth-order valence-corrected chi connectivity index (χ4v) is 1.20. The third-order valence-corrected chi connectivity index (χ3v) is 2.01. The van der Waals surface area contributed by atoms with Crippen molar-refractivity contribution in [1.29, 1.82) is 0 Å². The van der Waals surface area contributed by atoms with Gasteiger partial charge in [0.2, 0.25) is 0 Å². The number of methoxy groups -OCH3 is 1. The predicted molar refractivity (Wildman–Crippen MR) is 58.4 cm³/mol. The van der Waals surface area contributed by atoms with Gasteiger partial charge in [0.15, 0.2) is 5.76 Å². The summed E-state index contributed by atoms with van der Waals surface area (Å²) in [4.78, 5) is 0. The summed E-state index contributed by atoms with van der Waals surface area (Å²) in [5, 5.41) is 3.62. The maximum absolute atomic E-state index is 5.07. The highest BCUT2D eigenvalue weighted by Crippen LogP contribution is 2.13. The van der Waals surface area contributed by atoms with Crippen molar-refractivity contribution in [3.63, 3.8) is 0 Å². The first-order valence-electron chi connectivity index (χ1n) is 4.61. The molecule has 0 aliphatic rings. The minimum absolute atomic E-state index is 0.741. The molecule has 15 heavy (non-hydrogen) atoms. The molecule has 0 N–H and O–H groups in total. The lowest BCUT2D eigenvalue weighted by Crippen LogP contribution is -1.81. The first kappa shape index (κ1) is 9.52. The van der Waals surface area contributed by atoms with Crippen LogP contribution in [0.2, 0.25) is 0 Å². The molecule has 0 saturated heterocycles. The van der Waals surface area contributed by atoms with E-state index in [0.717, 1.165) is 17.1 Å². The van der Waals surface area contributed by atoms with Crippen molar-refractivity contribution in [3.05, 3.63) is 47.9 Å². The Hall–Kier alpha value is -2.03. The predicted octanol–water partition coefficient (Wildman–Crippen LogP) is 2.85. The van der Waals surface area contributed by atoms with Gasteiger partial charge in [0.1, 0.15) is 5.75 Å². The van der Waals surface area contributed by atoms with Gasteiger partial charge < -0.3 is 9.26 Å². The topological polar surface area (TPSA) is 35.3 Å². The van der Waals surface area contributed by atoms with Crippen LogP contribution in [0.1, 0.15) is 11.3 Å². The average molecular weight is 201 g/mol. The van der Waals surface area contributed by atoms with E-state index in [4.69, 9.17) is 9.26 Å². The quantitative estimate of drug-likeness (QED) is 0.765. The van der Waals surface area contributed by atoms with Gasteiger partial charge in [0.05, 0.1) is 13.3 Å². The standard InChI is InChI=1S/C12H11NO2/c1-14-11-5-2-10(3-6-11)4-7-12-8-9-13-15-12/h2-9H,1H3/b7-4+. The highest BCUT2D eigenvalue weighted by Gasteiger charge is 1.92. The Balaban J connectivity index is 2.11. The van der Waals surface area contributed by atoms with Crippen molar-refractivity contribution in [1.82, 2.24) is 5.16 Å². The molecule has 1 aromatic heterocycles. The van der Waals surface area contributed by atoms with Gasteiger partial charge in [-0.2, -0.15) is 0 Å². The average Bonchev–Trinajstić information content (AvgIpc) is 2.80. The number of hydrogen-bond donors (Lipinski definition) is 0. The summed E-state index contributed by atoms with van der Waals surface area (Å²) in [5.41, 5.74) is 1.09. The van der Waals surface area contributed by atoms with Gasteiger partial charge in [-0.25, -0.2) is 0 Å². The Morgan fingerprint density at radius 2 is 1.93 bits per heavy atom. The fourth-order valence-electron chi connectivity index (χ4n) is 1.20. The first-order chi connectivity index (χ1) is 7.38. The van der Waals surface area contributed by atoms with E-state index in [1.54, 1.807) is 19.4 Å². The summed E-state index contributed by atoms with van der Waals surface area (Å²) in [6, 6.07) is 9.59. The summed E-state index contributed by atoms with van der Waals surface area (Å²) in [7, 11) is 1.65. The lowest BCUT2D eigenvalue weighted by molar-refractivity contribution is 0.413. The molecule has 0 unspecified atom stereocenters. The number of aromatic nitrogens is 1. The van der Waals surface area contributed by atoms with Crippen LogP contribution in [0.5, 0.6) is 5.75 Å². The Bertz CT molecular complexity index is 429. The second-order valence-corrected chi connectivity index (χ2v) is 3.02. The molecule has 2 rings (SSSR count). The molecule has 0 amide bonds. The molecule has 76 valence electrons. The van der Waals surface area contributed by atoms with Crippen molar-refractivity contribution in [3.8, 4) is 5.75 Å². The van der Waals surface area contributed by atoms with Gasteiger partial charge in [-0.05, 0) is 23.8 Å². The lowest BCUT2D eigenvalue weighted by Gasteiger charge is -1.98. The van der Waals surface area contributed by atoms with Gasteiger partial charge in [0.25, 0.3) is 0 Å². The zero-order chi connectivity index (χ0) is 10.5. The molecule has 0 atom stereocenters. The maximum Gasteiger partial charge on any atom is 0.159 e. The van der Waals surface area contributed by atoms with Crippen LogP contribution in [0.15, 0.2) is 41.1 Å². The minimum Gasteiger partial charge on any atom is -0.497 e. The van der Waals surface area contributed by atoms with Crippen LogP contribution in [0, 0.1) is 0 Å². The molecule has 3 heteroatoms. The van der Waals surface area contributed by atoms with Crippen molar-refractivity contribution in [2.45, 2.75) is 0 Å². The molecule has 1 aromatic carbocycles. The number of hydrogen-bond acceptors (Lipinski definition) is 3. The summed E-state index contributed by atoms with van der Waals surface area (Å²) in [6.45, 7) is 0. The van der Waals surface area contributed by atoms with Gasteiger partial charge in [0, 0.05) is 6.07 Å². The Labute approximate surface area is 88.0 Å². The van der Waals surface area contributed by atoms with Crippen LogP contribution < -0.4 is 4.74 Å². The fraction of sp³-hybridized carbons (Fsp3) is 0.0833. The SMILES string of the molecule is COc1ccc(/C=C/c2ccno2)cc1. The van der Waals surface area contributed by atoms with E-state index in [2.05, 4.69) is 5.16 Å². The largest absolute Gasteiger partial charge is 0.497 e. The molecule has 0 aliphatic heterocycles. The molecule has 2 aromatic rings. The summed E-state index contributed by atoms with van der Waals surface area (Å²) < 4.78 is 10.0. The van der Waals surface area contributed by atoms with Crippen LogP contribution in [0.4, 0.5) is 0 Å². The third-order valence-electron chi connectivity index (χ3n) is 2.01. The molecular formula is C12H11NO2. The number of ether oxygens (including phenoxy) is 1. The van der Waals surface area contributed by atoms with Crippen LogP contribution in [-0.4, -0.2) is 12.3 Å². The summed E-state index contributed by atoms with van der Waals surface area (Å²) >= 11 is 0. The van der Waals surface area contributed by atoms with Gasteiger partial charge in [-0.15, -0.1) is 0 Å². The van der Waals surface area contributed by atoms with Gasteiger partial charge in [-0.1, -0.05) is 23.4 Å². The molecule has 0 spiro atoms. The Morgan fingerprint density at radius 1 is 1.13 bits per heavy atom. The van der Waals surface area contributed by atoms with Crippen molar-refractivity contribution < 1.29 is 9.26 Å². The number of nitrogens with zero attached hydrogens (tertiary/aromatic N) is 1. The minimum atomic E-state index is 0.741. The van der Waals surface area contributed by atoms with Crippen molar-refractivity contribution >= 4 is 12.2 Å². The molecule has 0 bridgehead atoms. The normalized spacial score (nSPS) is 10.7. The molecule has 0 radical (unpaired) electrons. The highest BCUT2D eigenvalue weighted by molar-refractivity contribution is 5.67. The third kappa shape index (κ3) is 2.47. The highest BCUT2D eigenvalue weighted by atomic mass is 16.5. The van der Waals surface area contributed by atoms with Crippen molar-refractivity contribution in [2.24, 2.45) is 0 Å². The molecule has 1 heterocycles. The van der Waals surface area contributed by atoms with Gasteiger partial charge >= 0.3 is 0 Å². The zero-order valence-corrected chi connectivity index (χ0v) is 8.38. The molecule has 0 fully saturated rings. The monoisotopic (exact) mass is 201 g/mol. The van der Waals surface area contributed by atoms with Crippen LogP contribution >= 0.6 is 0 Å². The van der Waals surface area contributed by atoms with Crippen LogP contribution in [0.3, 0.4) is 0 Å². The molecular weight excluding hydrogens is 190 g/mol. The number of benzene rings is 1. The van der Waals surface area contributed by atoms with Crippen LogP contribution in [0.25, 0.3) is 12.2 Å². The van der Waals surface area contributed by atoms with E-state index >= 15 is 0 Å². The lowest BCUT2D eigenvalue weighted by atomic mass is 10.2. The Kier molecular flexibility index (Phi) is 2.83. The van der Waals surface area contributed by atoms with E-state index in [1.807, 2.05) is 36.4 Å². The van der Waals surface area contributed by atoms with Crippen molar-refractivity contribution in [2.75, 3.05) is 7.11 Å². The second kappa shape index (κ2) is 4.46. The summed E-state index contributed by atoms with van der Waals surface area (Å²) in [6.07, 6.45) is 5.45. The van der Waals surface area contributed by atoms with E-state index in [0.29, 0.717) is 0 Å². The molecule has 0 aliphatic carbocycles. The maximum atomic E-state index is 5.07. The van der Waals surface area contributed by atoms with E-state index in [9.17, 15) is 0 Å². The van der Waals surface area contributed by atoms with E-state index in [1.165, 1.54) is 0 Å². The summed E-state index contributed by atoms with van der Waals surface area (Å²) in [5.74, 6) is 1.60. The van der Waals surface area contributed by atoms with Gasteiger partial charge in [-0.3, -0.25) is 0 Å². The molecule has 0 saturated carbocycles. The Morgan fingerprint density at radius 3 is 2.53 bits per heavy atom. The number of rotatable bonds is 3. The first-order valence-corrected chi connectivity index (χ1v) is 4.61. The van der Waals surface area contributed by atoms with E-state index in [-0.39, 0.29) is 0 Å². The smallest absolute Gasteiger partial charge is 0.159 e.